The van der Waals surface area contributed by atoms with Crippen LogP contribution < -0.4 is 11.1 Å². The van der Waals surface area contributed by atoms with Crippen molar-refractivity contribution in [1.29, 1.82) is 0 Å². The Kier molecular flexibility index (Phi) is 4.34. The number of nitro benzene ring substituents is 1. The largest absolute Gasteiger partial charge is 0.352 e. The molecule has 6 nitrogen and oxygen atoms in total. The normalized spacial score (nSPS) is 16.9. The molecule has 0 unspecified atom stereocenters. The van der Waals surface area contributed by atoms with Gasteiger partial charge in [-0.1, -0.05) is 25.0 Å². The van der Waals surface area contributed by atoms with Crippen molar-refractivity contribution in [1.82, 2.24) is 5.32 Å². The molecule has 1 fully saturated rings. The van der Waals surface area contributed by atoms with Crippen LogP contribution >= 0.6 is 0 Å². The molecule has 3 N–H and O–H groups in total. The highest BCUT2D eigenvalue weighted by Gasteiger charge is 2.31. The van der Waals surface area contributed by atoms with Crippen molar-refractivity contribution in [2.24, 2.45) is 5.73 Å². The molecule has 1 amide bonds. The predicted molar refractivity (Wildman–Crippen MR) is 74.9 cm³/mol. The number of hydrogen-bond acceptors (Lipinski definition) is 4. The van der Waals surface area contributed by atoms with E-state index in [1.54, 1.807) is 12.1 Å². The summed E-state index contributed by atoms with van der Waals surface area (Å²) in [6.45, 7) is 0.288. The Morgan fingerprint density at radius 2 is 2.10 bits per heavy atom. The Morgan fingerprint density at radius 3 is 2.75 bits per heavy atom. The molecule has 0 heterocycles. The van der Waals surface area contributed by atoms with Crippen molar-refractivity contribution in [3.63, 3.8) is 0 Å². The zero-order valence-corrected chi connectivity index (χ0v) is 11.3. The van der Waals surface area contributed by atoms with E-state index < -0.39 is 4.92 Å². The van der Waals surface area contributed by atoms with Crippen molar-refractivity contribution in [2.45, 2.75) is 44.2 Å². The first kappa shape index (κ1) is 14.5. The summed E-state index contributed by atoms with van der Waals surface area (Å²) in [5.74, 6) is -0.0964. The zero-order valence-electron chi connectivity index (χ0n) is 11.3. The highest BCUT2D eigenvalue weighted by Crippen LogP contribution is 2.29. The molecule has 2 rings (SSSR count). The van der Waals surface area contributed by atoms with Crippen LogP contribution in [0.2, 0.25) is 0 Å². The minimum absolute atomic E-state index is 0.0304. The van der Waals surface area contributed by atoms with Crippen LogP contribution in [0, 0.1) is 10.1 Å². The zero-order chi connectivity index (χ0) is 14.6. The molecule has 0 saturated heterocycles. The summed E-state index contributed by atoms with van der Waals surface area (Å²) in [6.07, 6.45) is 4.25. The van der Waals surface area contributed by atoms with Crippen LogP contribution in [0.1, 0.15) is 37.7 Å². The van der Waals surface area contributed by atoms with E-state index in [0.29, 0.717) is 12.0 Å². The molecule has 0 aliphatic heterocycles. The monoisotopic (exact) mass is 277 g/mol. The lowest BCUT2D eigenvalue weighted by Crippen LogP contribution is -2.42. The van der Waals surface area contributed by atoms with Gasteiger partial charge in [0.25, 0.3) is 5.69 Å². The number of nitrogens with one attached hydrogen (secondary N) is 1. The number of nitrogens with zero attached hydrogens (tertiary/aromatic N) is 1. The maximum atomic E-state index is 11.9. The van der Waals surface area contributed by atoms with Crippen LogP contribution in [0.3, 0.4) is 0 Å². The van der Waals surface area contributed by atoms with Crippen molar-refractivity contribution in [2.75, 3.05) is 0 Å². The van der Waals surface area contributed by atoms with Crippen LogP contribution in [0.15, 0.2) is 24.3 Å². The van der Waals surface area contributed by atoms with Gasteiger partial charge in [0.15, 0.2) is 0 Å². The molecule has 0 aromatic heterocycles. The van der Waals surface area contributed by atoms with Crippen LogP contribution in [0.5, 0.6) is 0 Å². The van der Waals surface area contributed by atoms with Gasteiger partial charge in [-0.3, -0.25) is 14.9 Å². The third-order valence-electron chi connectivity index (χ3n) is 3.72. The first-order chi connectivity index (χ1) is 9.48. The fourth-order valence-electron chi connectivity index (χ4n) is 2.62. The molecule has 1 aliphatic rings. The van der Waals surface area contributed by atoms with Gasteiger partial charge in [0.1, 0.15) is 0 Å². The van der Waals surface area contributed by atoms with Gasteiger partial charge in [-0.05, 0) is 18.4 Å². The number of carbonyl (C=O) groups is 1. The molecule has 1 saturated carbocycles. The van der Waals surface area contributed by atoms with Crippen molar-refractivity contribution >= 4 is 11.6 Å². The SMILES string of the molecule is NC1(CC(=O)NCc2cccc([N+](=O)[O-])c2)CCCC1. The molecular weight excluding hydrogens is 258 g/mol. The van der Waals surface area contributed by atoms with Gasteiger partial charge in [0.05, 0.1) is 4.92 Å². The van der Waals surface area contributed by atoms with Gasteiger partial charge in [0, 0.05) is 30.6 Å². The maximum Gasteiger partial charge on any atom is 0.269 e. The molecule has 1 aliphatic carbocycles. The van der Waals surface area contributed by atoms with Gasteiger partial charge in [-0.2, -0.15) is 0 Å². The van der Waals surface area contributed by atoms with E-state index >= 15 is 0 Å². The van der Waals surface area contributed by atoms with Gasteiger partial charge >= 0.3 is 0 Å². The van der Waals surface area contributed by atoms with E-state index in [0.717, 1.165) is 25.7 Å². The second-order valence-electron chi connectivity index (χ2n) is 5.45. The minimum Gasteiger partial charge on any atom is -0.352 e. The Bertz CT molecular complexity index is 510. The number of nitrogens with two attached hydrogens (primary N) is 1. The summed E-state index contributed by atoms with van der Waals surface area (Å²) >= 11 is 0. The van der Waals surface area contributed by atoms with E-state index in [2.05, 4.69) is 5.32 Å². The summed E-state index contributed by atoms with van der Waals surface area (Å²) in [5.41, 5.74) is 6.52. The molecule has 0 bridgehead atoms. The van der Waals surface area contributed by atoms with Crippen molar-refractivity contribution in [3.05, 3.63) is 39.9 Å². The topological polar surface area (TPSA) is 98.3 Å². The number of amides is 1. The predicted octanol–water partition coefficient (Wildman–Crippen LogP) is 1.87. The number of non-ortho nitro benzene ring substituents is 1. The molecular formula is C14H19N3O3. The summed E-state index contributed by atoms with van der Waals surface area (Å²) in [4.78, 5) is 22.1. The molecule has 1 aromatic carbocycles. The fraction of sp³-hybridized carbons (Fsp3) is 0.500. The summed E-state index contributed by atoms with van der Waals surface area (Å²) in [5, 5.41) is 13.4. The van der Waals surface area contributed by atoms with E-state index in [1.165, 1.54) is 12.1 Å². The highest BCUT2D eigenvalue weighted by molar-refractivity contribution is 5.77. The van der Waals surface area contributed by atoms with Gasteiger partial charge in [0.2, 0.25) is 5.91 Å². The molecule has 0 atom stereocenters. The third-order valence-corrected chi connectivity index (χ3v) is 3.72. The van der Waals surface area contributed by atoms with E-state index in [-0.39, 0.29) is 23.7 Å². The second-order valence-corrected chi connectivity index (χ2v) is 5.45. The quantitative estimate of drug-likeness (QED) is 0.634. The molecule has 0 spiro atoms. The smallest absolute Gasteiger partial charge is 0.269 e. The molecule has 20 heavy (non-hydrogen) atoms. The van der Waals surface area contributed by atoms with Gasteiger partial charge in [-0.15, -0.1) is 0 Å². The minimum atomic E-state index is -0.446. The van der Waals surface area contributed by atoms with Crippen molar-refractivity contribution < 1.29 is 9.72 Å². The highest BCUT2D eigenvalue weighted by atomic mass is 16.6. The lowest BCUT2D eigenvalue weighted by Gasteiger charge is -2.22. The Morgan fingerprint density at radius 1 is 1.40 bits per heavy atom. The average Bonchev–Trinajstić information content (AvgIpc) is 2.83. The summed E-state index contributed by atoms with van der Waals surface area (Å²) in [7, 11) is 0. The average molecular weight is 277 g/mol. The lowest BCUT2D eigenvalue weighted by atomic mass is 9.94. The number of nitro groups is 1. The second kappa shape index (κ2) is 6.00. The molecule has 108 valence electrons. The van der Waals surface area contributed by atoms with Gasteiger partial charge in [-0.25, -0.2) is 0 Å². The van der Waals surface area contributed by atoms with Crippen molar-refractivity contribution in [3.8, 4) is 0 Å². The fourth-order valence-corrected chi connectivity index (χ4v) is 2.62. The van der Waals surface area contributed by atoms with Crippen LogP contribution in [0.25, 0.3) is 0 Å². The first-order valence-corrected chi connectivity index (χ1v) is 6.77. The molecule has 1 aromatic rings. The standard InChI is InChI=1S/C14H19N3O3/c15-14(6-1-2-7-14)9-13(18)16-10-11-4-3-5-12(8-11)17(19)20/h3-5,8H,1-2,6-7,9-10,15H2,(H,16,18). The van der Waals surface area contributed by atoms with Crippen LogP contribution in [-0.2, 0) is 11.3 Å². The number of hydrogen-bond donors (Lipinski definition) is 2. The van der Waals surface area contributed by atoms with E-state index in [4.69, 9.17) is 5.73 Å². The number of benzene rings is 1. The molecule has 0 radical (unpaired) electrons. The third kappa shape index (κ3) is 3.77. The summed E-state index contributed by atoms with van der Waals surface area (Å²) < 4.78 is 0. The Hall–Kier alpha value is -1.95. The van der Waals surface area contributed by atoms with Crippen LogP contribution in [0.4, 0.5) is 5.69 Å². The molecule has 6 heteroatoms. The first-order valence-electron chi connectivity index (χ1n) is 6.77. The van der Waals surface area contributed by atoms with E-state index in [9.17, 15) is 14.9 Å². The number of carbonyl (C=O) groups excluding carboxylic acids is 1. The lowest BCUT2D eigenvalue weighted by molar-refractivity contribution is -0.384. The number of rotatable bonds is 5. The maximum absolute atomic E-state index is 11.9. The van der Waals surface area contributed by atoms with Crippen LogP contribution in [-0.4, -0.2) is 16.4 Å². The Balaban J connectivity index is 1.87. The van der Waals surface area contributed by atoms with E-state index in [1.807, 2.05) is 0 Å². The van der Waals surface area contributed by atoms with Gasteiger partial charge < -0.3 is 11.1 Å². The summed E-state index contributed by atoms with van der Waals surface area (Å²) in [6, 6.07) is 6.26. The Labute approximate surface area is 117 Å².